The van der Waals surface area contributed by atoms with Crippen molar-refractivity contribution in [3.05, 3.63) is 12.2 Å². The van der Waals surface area contributed by atoms with Crippen LogP contribution in [0.25, 0.3) is 0 Å². The Bertz CT molecular complexity index is 211. The molecule has 0 spiro atoms. The van der Waals surface area contributed by atoms with Crippen molar-refractivity contribution in [1.82, 2.24) is 0 Å². The summed E-state index contributed by atoms with van der Waals surface area (Å²) in [6.07, 6.45) is 6.08. The number of unbranched alkanes of at least 4 members (excludes halogenated alkanes) is 2. The van der Waals surface area contributed by atoms with E-state index in [-0.39, 0.29) is 5.97 Å². The van der Waals surface area contributed by atoms with Crippen LogP contribution in [0.2, 0.25) is 0 Å². The molecule has 0 saturated heterocycles. The van der Waals surface area contributed by atoms with E-state index < -0.39 is 5.60 Å². The summed E-state index contributed by atoms with van der Waals surface area (Å²) in [4.78, 5) is 21.1. The molecule has 0 aromatic carbocycles. The average Bonchev–Trinajstić information content (AvgIpc) is 2.00. The van der Waals surface area contributed by atoms with Crippen LogP contribution in [-0.2, 0) is 14.3 Å². The van der Waals surface area contributed by atoms with Crippen LogP contribution in [0.1, 0.15) is 40.0 Å². The van der Waals surface area contributed by atoms with Gasteiger partial charge in [0.1, 0.15) is 11.9 Å². The zero-order chi connectivity index (χ0) is 11.0. The van der Waals surface area contributed by atoms with Crippen LogP contribution >= 0.6 is 0 Å². The van der Waals surface area contributed by atoms with Gasteiger partial charge in [0.05, 0.1) is 0 Å². The lowest BCUT2D eigenvalue weighted by atomic mass is 10.2. The lowest BCUT2D eigenvalue weighted by Gasteiger charge is -2.17. The van der Waals surface area contributed by atoms with Crippen LogP contribution in [0.5, 0.6) is 0 Å². The lowest BCUT2D eigenvalue weighted by Crippen LogP contribution is -2.22. The van der Waals surface area contributed by atoms with E-state index in [1.165, 1.54) is 6.08 Å². The van der Waals surface area contributed by atoms with E-state index in [9.17, 15) is 9.59 Å². The quantitative estimate of drug-likeness (QED) is 0.294. The number of hydrogen-bond donors (Lipinski definition) is 0. The van der Waals surface area contributed by atoms with E-state index in [1.807, 2.05) is 20.8 Å². The maximum atomic E-state index is 11.1. The normalized spacial score (nSPS) is 11.6. The third kappa shape index (κ3) is 8.97. The number of carbonyl (C=O) groups excluding carboxylic acids is 2. The Labute approximate surface area is 85.1 Å². The number of rotatable bonds is 5. The van der Waals surface area contributed by atoms with E-state index in [1.54, 1.807) is 6.08 Å². The minimum Gasteiger partial charge on any atom is -0.457 e. The second-order valence-electron chi connectivity index (χ2n) is 4.03. The van der Waals surface area contributed by atoms with E-state index in [2.05, 4.69) is 0 Å². The highest BCUT2D eigenvalue weighted by molar-refractivity contribution is 5.82. The molecule has 0 aliphatic heterocycles. The summed E-state index contributed by atoms with van der Waals surface area (Å²) in [5.74, 6) is -0.330. The Morgan fingerprint density at radius 2 is 1.93 bits per heavy atom. The monoisotopic (exact) mass is 198 g/mol. The molecule has 0 amide bonds. The van der Waals surface area contributed by atoms with Gasteiger partial charge in [0.15, 0.2) is 0 Å². The first-order chi connectivity index (χ1) is 6.45. The maximum absolute atomic E-state index is 11.1. The van der Waals surface area contributed by atoms with Crippen molar-refractivity contribution in [2.24, 2.45) is 0 Å². The lowest BCUT2D eigenvalue weighted by molar-refractivity contribution is -0.148. The SMILES string of the molecule is CC(C)(C)OC(=O)/C=C/CCCC=O. The fraction of sp³-hybridized carbons (Fsp3) is 0.636. The van der Waals surface area contributed by atoms with Gasteiger partial charge in [0, 0.05) is 12.5 Å². The van der Waals surface area contributed by atoms with Gasteiger partial charge in [0.2, 0.25) is 0 Å². The first kappa shape index (κ1) is 12.9. The molecule has 3 nitrogen and oxygen atoms in total. The van der Waals surface area contributed by atoms with Gasteiger partial charge < -0.3 is 9.53 Å². The summed E-state index contributed by atoms with van der Waals surface area (Å²) >= 11 is 0. The van der Waals surface area contributed by atoms with Crippen molar-refractivity contribution >= 4 is 12.3 Å². The number of carbonyl (C=O) groups is 2. The minimum absolute atomic E-state index is 0.330. The molecule has 0 atom stereocenters. The first-order valence-corrected chi connectivity index (χ1v) is 4.79. The number of aldehydes is 1. The molecule has 80 valence electrons. The maximum Gasteiger partial charge on any atom is 0.330 e. The van der Waals surface area contributed by atoms with Crippen LogP contribution in [0.15, 0.2) is 12.2 Å². The number of esters is 1. The summed E-state index contributed by atoms with van der Waals surface area (Å²) in [5, 5.41) is 0. The van der Waals surface area contributed by atoms with Crippen LogP contribution in [0.4, 0.5) is 0 Å². The largest absolute Gasteiger partial charge is 0.457 e. The Balaban J connectivity index is 3.66. The van der Waals surface area contributed by atoms with Crippen molar-refractivity contribution in [1.29, 1.82) is 0 Å². The van der Waals surface area contributed by atoms with E-state index >= 15 is 0 Å². The molecule has 0 N–H and O–H groups in total. The van der Waals surface area contributed by atoms with Crippen molar-refractivity contribution < 1.29 is 14.3 Å². The number of hydrogen-bond acceptors (Lipinski definition) is 3. The Morgan fingerprint density at radius 1 is 1.29 bits per heavy atom. The van der Waals surface area contributed by atoms with Crippen molar-refractivity contribution in [3.63, 3.8) is 0 Å². The van der Waals surface area contributed by atoms with Gasteiger partial charge in [-0.2, -0.15) is 0 Å². The fourth-order valence-electron chi connectivity index (χ4n) is 0.834. The second kappa shape index (κ2) is 6.35. The molecule has 0 heterocycles. The Hall–Kier alpha value is -1.12. The zero-order valence-corrected chi connectivity index (χ0v) is 9.08. The number of allylic oxidation sites excluding steroid dienone is 1. The van der Waals surface area contributed by atoms with E-state index in [4.69, 9.17) is 4.74 Å². The minimum atomic E-state index is -0.440. The molecule has 0 aliphatic rings. The highest BCUT2D eigenvalue weighted by atomic mass is 16.6. The van der Waals surface area contributed by atoms with Gasteiger partial charge in [-0.05, 0) is 33.6 Å². The van der Waals surface area contributed by atoms with E-state index in [0.29, 0.717) is 6.42 Å². The smallest absolute Gasteiger partial charge is 0.330 e. The molecular formula is C11H18O3. The molecule has 0 unspecified atom stereocenters. The third-order valence-corrected chi connectivity index (χ3v) is 1.35. The summed E-state index contributed by atoms with van der Waals surface area (Å²) < 4.78 is 5.05. The van der Waals surface area contributed by atoms with Crippen LogP contribution in [-0.4, -0.2) is 17.9 Å². The molecule has 0 rings (SSSR count). The predicted octanol–water partition coefficient (Wildman–Crippen LogP) is 2.25. The second-order valence-corrected chi connectivity index (χ2v) is 4.03. The molecular weight excluding hydrogens is 180 g/mol. The summed E-state index contributed by atoms with van der Waals surface area (Å²) in [5.41, 5.74) is -0.440. The molecule has 14 heavy (non-hydrogen) atoms. The zero-order valence-electron chi connectivity index (χ0n) is 9.08. The van der Waals surface area contributed by atoms with Gasteiger partial charge >= 0.3 is 5.97 Å². The standard InChI is InChI=1S/C11H18O3/c1-11(2,3)14-10(13)8-6-4-5-7-9-12/h6,8-9H,4-5,7H2,1-3H3/b8-6+. The van der Waals surface area contributed by atoms with Crippen molar-refractivity contribution in [2.45, 2.75) is 45.6 Å². The highest BCUT2D eigenvalue weighted by Gasteiger charge is 2.13. The Morgan fingerprint density at radius 3 is 2.43 bits per heavy atom. The molecule has 0 fully saturated rings. The highest BCUT2D eigenvalue weighted by Crippen LogP contribution is 2.07. The van der Waals surface area contributed by atoms with Gasteiger partial charge in [-0.15, -0.1) is 0 Å². The van der Waals surface area contributed by atoms with Crippen LogP contribution in [0, 0.1) is 0 Å². The van der Waals surface area contributed by atoms with Gasteiger partial charge in [-0.1, -0.05) is 6.08 Å². The average molecular weight is 198 g/mol. The fourth-order valence-corrected chi connectivity index (χ4v) is 0.834. The third-order valence-electron chi connectivity index (χ3n) is 1.35. The van der Waals surface area contributed by atoms with Gasteiger partial charge in [-0.25, -0.2) is 4.79 Å². The van der Waals surface area contributed by atoms with Crippen LogP contribution < -0.4 is 0 Å². The van der Waals surface area contributed by atoms with Crippen molar-refractivity contribution in [3.8, 4) is 0 Å². The molecule has 0 aliphatic carbocycles. The molecule has 3 heteroatoms. The number of ether oxygens (including phenoxy) is 1. The topological polar surface area (TPSA) is 43.4 Å². The molecule has 0 bridgehead atoms. The van der Waals surface area contributed by atoms with Crippen molar-refractivity contribution in [2.75, 3.05) is 0 Å². The first-order valence-electron chi connectivity index (χ1n) is 4.79. The van der Waals surface area contributed by atoms with Gasteiger partial charge in [0.25, 0.3) is 0 Å². The van der Waals surface area contributed by atoms with Crippen LogP contribution in [0.3, 0.4) is 0 Å². The summed E-state index contributed by atoms with van der Waals surface area (Å²) in [6.45, 7) is 5.47. The molecule has 0 aromatic heterocycles. The summed E-state index contributed by atoms with van der Waals surface area (Å²) in [6, 6.07) is 0. The van der Waals surface area contributed by atoms with Gasteiger partial charge in [-0.3, -0.25) is 0 Å². The predicted molar refractivity (Wildman–Crippen MR) is 54.9 cm³/mol. The molecule has 0 radical (unpaired) electrons. The Kier molecular flexibility index (Phi) is 5.84. The summed E-state index contributed by atoms with van der Waals surface area (Å²) in [7, 11) is 0. The molecule has 0 aromatic rings. The molecule has 0 saturated carbocycles. The van der Waals surface area contributed by atoms with E-state index in [0.717, 1.165) is 19.1 Å².